The standard InChI is InChI=1S/C7H6N2O2S.ClH/c1-3-2-12-5-4(3)8-7(11)9-6(5)10;/h2H,1H3,(H2,8,9,10,11);1H. The van der Waals surface area contributed by atoms with Crippen molar-refractivity contribution in [3.63, 3.8) is 0 Å². The van der Waals surface area contributed by atoms with Gasteiger partial charge in [0.25, 0.3) is 5.56 Å². The summed E-state index contributed by atoms with van der Waals surface area (Å²) in [7, 11) is 0. The number of hydrogen-bond donors (Lipinski definition) is 2. The number of thiophene rings is 1. The average molecular weight is 219 g/mol. The summed E-state index contributed by atoms with van der Waals surface area (Å²) in [6, 6.07) is 0. The summed E-state index contributed by atoms with van der Waals surface area (Å²) in [5.74, 6) is 0. The fourth-order valence-corrected chi connectivity index (χ4v) is 1.97. The first kappa shape index (κ1) is 10.0. The van der Waals surface area contributed by atoms with Crippen LogP contribution in [0.1, 0.15) is 5.56 Å². The molecule has 0 radical (unpaired) electrons. The van der Waals surface area contributed by atoms with Gasteiger partial charge in [-0.25, -0.2) is 4.79 Å². The Kier molecular flexibility index (Phi) is 2.58. The van der Waals surface area contributed by atoms with Crippen LogP contribution in [0.3, 0.4) is 0 Å². The highest BCUT2D eigenvalue weighted by atomic mass is 35.5. The predicted octanol–water partition coefficient (Wildman–Crippen LogP) is 1.01. The molecule has 2 rings (SSSR count). The van der Waals surface area contributed by atoms with E-state index >= 15 is 0 Å². The van der Waals surface area contributed by atoms with E-state index in [0.29, 0.717) is 10.2 Å². The molecule has 2 aromatic rings. The molecule has 0 saturated heterocycles. The molecule has 0 unspecified atom stereocenters. The fourth-order valence-electron chi connectivity index (χ4n) is 1.07. The van der Waals surface area contributed by atoms with Gasteiger partial charge in [0.1, 0.15) is 4.70 Å². The Bertz CT molecular complexity index is 539. The molecule has 0 bridgehead atoms. The fraction of sp³-hybridized carbons (Fsp3) is 0.143. The van der Waals surface area contributed by atoms with Gasteiger partial charge in [0.2, 0.25) is 0 Å². The first-order chi connectivity index (χ1) is 5.68. The van der Waals surface area contributed by atoms with Crippen LogP contribution in [0.15, 0.2) is 15.0 Å². The van der Waals surface area contributed by atoms with Gasteiger partial charge in [-0.1, -0.05) is 0 Å². The van der Waals surface area contributed by atoms with E-state index in [4.69, 9.17) is 0 Å². The molecule has 2 aromatic heterocycles. The van der Waals surface area contributed by atoms with Crippen molar-refractivity contribution in [1.82, 2.24) is 9.97 Å². The van der Waals surface area contributed by atoms with E-state index < -0.39 is 5.69 Å². The average Bonchev–Trinajstić information content (AvgIpc) is 2.33. The Balaban J connectivity index is 0.000000845. The third kappa shape index (κ3) is 1.52. The Labute approximate surface area is 83.0 Å². The van der Waals surface area contributed by atoms with Crippen molar-refractivity contribution in [2.45, 2.75) is 6.92 Å². The number of H-pyrrole nitrogens is 2. The molecule has 4 nitrogen and oxygen atoms in total. The summed E-state index contributed by atoms with van der Waals surface area (Å²) in [4.78, 5) is 26.7. The largest absolute Gasteiger partial charge is 0.326 e. The number of aromatic amines is 2. The van der Waals surface area contributed by atoms with Gasteiger partial charge in [-0.15, -0.1) is 23.7 Å². The quantitative estimate of drug-likeness (QED) is 0.693. The third-order valence-electron chi connectivity index (χ3n) is 1.65. The summed E-state index contributed by atoms with van der Waals surface area (Å²) in [6.07, 6.45) is 0. The number of aryl methyl sites for hydroxylation is 1. The van der Waals surface area contributed by atoms with Crippen LogP contribution in [0.25, 0.3) is 10.2 Å². The van der Waals surface area contributed by atoms with E-state index in [1.165, 1.54) is 11.3 Å². The van der Waals surface area contributed by atoms with Crippen LogP contribution in [-0.2, 0) is 0 Å². The number of rotatable bonds is 0. The van der Waals surface area contributed by atoms with E-state index in [1.54, 1.807) is 0 Å². The van der Waals surface area contributed by atoms with Crippen molar-refractivity contribution in [2.75, 3.05) is 0 Å². The van der Waals surface area contributed by atoms with Gasteiger partial charge >= 0.3 is 5.69 Å². The molecular weight excluding hydrogens is 212 g/mol. The summed E-state index contributed by atoms with van der Waals surface area (Å²) in [5, 5.41) is 1.84. The maximum Gasteiger partial charge on any atom is 0.326 e. The maximum absolute atomic E-state index is 11.1. The number of halogens is 1. The summed E-state index contributed by atoms with van der Waals surface area (Å²) < 4.78 is 0.576. The molecule has 6 heteroatoms. The molecule has 13 heavy (non-hydrogen) atoms. The summed E-state index contributed by atoms with van der Waals surface area (Å²) >= 11 is 1.34. The maximum atomic E-state index is 11.1. The Morgan fingerprint density at radius 2 is 2.00 bits per heavy atom. The van der Waals surface area contributed by atoms with Crippen molar-refractivity contribution in [2.24, 2.45) is 0 Å². The summed E-state index contributed by atoms with van der Waals surface area (Å²) in [6.45, 7) is 1.86. The molecule has 0 amide bonds. The number of aromatic nitrogens is 2. The lowest BCUT2D eigenvalue weighted by Gasteiger charge is -1.88. The van der Waals surface area contributed by atoms with Crippen molar-refractivity contribution >= 4 is 34.0 Å². The molecule has 0 saturated carbocycles. The van der Waals surface area contributed by atoms with E-state index in [0.717, 1.165) is 5.56 Å². The number of fused-ring (bicyclic) bond motifs is 1. The molecule has 0 aliphatic carbocycles. The van der Waals surface area contributed by atoms with Crippen molar-refractivity contribution in [1.29, 1.82) is 0 Å². The van der Waals surface area contributed by atoms with Gasteiger partial charge < -0.3 is 4.98 Å². The highest BCUT2D eigenvalue weighted by Gasteiger charge is 2.04. The molecular formula is C7H7ClN2O2S. The lowest BCUT2D eigenvalue weighted by Crippen LogP contribution is -2.20. The molecule has 2 heterocycles. The molecule has 0 aliphatic heterocycles. The Morgan fingerprint density at radius 1 is 1.31 bits per heavy atom. The number of nitrogens with one attached hydrogen (secondary N) is 2. The molecule has 0 atom stereocenters. The van der Waals surface area contributed by atoms with Crippen LogP contribution in [0.5, 0.6) is 0 Å². The Morgan fingerprint density at radius 3 is 2.69 bits per heavy atom. The van der Waals surface area contributed by atoms with Crippen LogP contribution in [0, 0.1) is 6.92 Å². The lowest BCUT2D eigenvalue weighted by molar-refractivity contribution is 1.08. The minimum Gasteiger partial charge on any atom is -0.306 e. The topological polar surface area (TPSA) is 65.7 Å². The van der Waals surface area contributed by atoms with Gasteiger partial charge in [-0.05, 0) is 17.9 Å². The zero-order chi connectivity index (χ0) is 8.72. The molecule has 0 aromatic carbocycles. The van der Waals surface area contributed by atoms with Crippen molar-refractivity contribution in [3.8, 4) is 0 Å². The SMILES string of the molecule is Cc1csc2c(=O)[nH]c(=O)[nH]c12.Cl. The zero-order valence-corrected chi connectivity index (χ0v) is 8.34. The Hall–Kier alpha value is -1.07. The van der Waals surface area contributed by atoms with Gasteiger partial charge in [0.15, 0.2) is 0 Å². The van der Waals surface area contributed by atoms with Crippen LogP contribution in [0.2, 0.25) is 0 Å². The number of hydrogen-bond acceptors (Lipinski definition) is 3. The normalized spacial score (nSPS) is 9.92. The van der Waals surface area contributed by atoms with Gasteiger partial charge in [0.05, 0.1) is 5.52 Å². The second-order valence-electron chi connectivity index (χ2n) is 2.53. The van der Waals surface area contributed by atoms with Crippen LogP contribution in [0.4, 0.5) is 0 Å². The zero-order valence-electron chi connectivity index (χ0n) is 6.71. The van der Waals surface area contributed by atoms with Crippen LogP contribution < -0.4 is 11.2 Å². The van der Waals surface area contributed by atoms with E-state index in [1.807, 2.05) is 12.3 Å². The molecule has 0 fully saturated rings. The molecule has 2 N–H and O–H groups in total. The van der Waals surface area contributed by atoms with Crippen LogP contribution >= 0.6 is 23.7 Å². The summed E-state index contributed by atoms with van der Waals surface area (Å²) in [5.41, 5.74) is 0.813. The lowest BCUT2D eigenvalue weighted by atomic mass is 10.3. The highest BCUT2D eigenvalue weighted by Crippen LogP contribution is 2.17. The first-order valence-electron chi connectivity index (χ1n) is 3.39. The monoisotopic (exact) mass is 218 g/mol. The smallest absolute Gasteiger partial charge is 0.306 e. The van der Waals surface area contributed by atoms with Crippen molar-refractivity contribution in [3.05, 3.63) is 31.8 Å². The molecule has 0 aliphatic rings. The minimum absolute atomic E-state index is 0. The van der Waals surface area contributed by atoms with Crippen molar-refractivity contribution < 1.29 is 0 Å². The van der Waals surface area contributed by atoms with Gasteiger partial charge in [-0.3, -0.25) is 9.78 Å². The second kappa shape index (κ2) is 3.35. The van der Waals surface area contributed by atoms with E-state index in [2.05, 4.69) is 9.97 Å². The van der Waals surface area contributed by atoms with Gasteiger partial charge in [-0.2, -0.15) is 0 Å². The second-order valence-corrected chi connectivity index (χ2v) is 3.41. The predicted molar refractivity (Wildman–Crippen MR) is 55.1 cm³/mol. The first-order valence-corrected chi connectivity index (χ1v) is 4.27. The van der Waals surface area contributed by atoms with E-state index in [9.17, 15) is 9.59 Å². The van der Waals surface area contributed by atoms with E-state index in [-0.39, 0.29) is 18.0 Å². The molecule has 70 valence electrons. The molecule has 0 spiro atoms. The van der Waals surface area contributed by atoms with Crippen LogP contribution in [-0.4, -0.2) is 9.97 Å². The third-order valence-corrected chi connectivity index (χ3v) is 2.74. The highest BCUT2D eigenvalue weighted by molar-refractivity contribution is 7.17. The minimum atomic E-state index is -0.450. The van der Waals surface area contributed by atoms with Gasteiger partial charge in [0, 0.05) is 0 Å².